The average Bonchev–Trinajstić information content (AvgIpc) is 3.09. The van der Waals surface area contributed by atoms with E-state index in [1.165, 1.54) is 0 Å². The molecule has 3 rings (SSSR count). The standard InChI is InChI=1S/C20H20F2N4O2S/c1-2-13-7-3-4-8-14(13)24-17(27)11-23-18(28)12-29-20-25-15-9-5-6-10-16(15)26(20)19(21)22/h3-10,19H,2,11-12H2,1H3,(H,23,28)(H,24,27). The first-order valence-electron chi connectivity index (χ1n) is 9.02. The second-order valence-corrected chi connectivity index (χ2v) is 7.10. The largest absolute Gasteiger partial charge is 0.346 e. The number of anilines is 1. The van der Waals surface area contributed by atoms with Crippen LogP contribution in [0.25, 0.3) is 11.0 Å². The molecule has 2 aromatic carbocycles. The van der Waals surface area contributed by atoms with Gasteiger partial charge < -0.3 is 10.6 Å². The van der Waals surface area contributed by atoms with E-state index in [2.05, 4.69) is 15.6 Å². The number of nitrogens with one attached hydrogen (secondary N) is 2. The lowest BCUT2D eigenvalue weighted by Gasteiger charge is -2.10. The maximum absolute atomic E-state index is 13.4. The zero-order valence-corrected chi connectivity index (χ0v) is 16.5. The predicted molar refractivity (Wildman–Crippen MR) is 109 cm³/mol. The number of amides is 2. The maximum Gasteiger partial charge on any atom is 0.321 e. The van der Waals surface area contributed by atoms with Gasteiger partial charge in [-0.05, 0) is 30.2 Å². The summed E-state index contributed by atoms with van der Waals surface area (Å²) in [5, 5.41) is 5.31. The lowest BCUT2D eigenvalue weighted by Crippen LogP contribution is -2.34. The molecule has 6 nitrogen and oxygen atoms in total. The van der Waals surface area contributed by atoms with Crippen molar-refractivity contribution < 1.29 is 18.4 Å². The van der Waals surface area contributed by atoms with Crippen LogP contribution in [0.3, 0.4) is 0 Å². The van der Waals surface area contributed by atoms with Gasteiger partial charge in [0.05, 0.1) is 23.3 Å². The van der Waals surface area contributed by atoms with Gasteiger partial charge in [-0.3, -0.25) is 14.2 Å². The molecule has 0 aliphatic carbocycles. The number of nitrogens with zero attached hydrogens (tertiary/aromatic N) is 2. The van der Waals surface area contributed by atoms with E-state index in [-0.39, 0.29) is 23.4 Å². The quantitative estimate of drug-likeness (QED) is 0.545. The third-order valence-corrected chi connectivity index (χ3v) is 5.16. The van der Waals surface area contributed by atoms with Crippen molar-refractivity contribution in [2.75, 3.05) is 17.6 Å². The van der Waals surface area contributed by atoms with Crippen LogP contribution in [-0.2, 0) is 16.0 Å². The molecule has 0 aliphatic heterocycles. The van der Waals surface area contributed by atoms with Crippen molar-refractivity contribution in [3.05, 3.63) is 54.1 Å². The molecule has 2 amide bonds. The summed E-state index contributed by atoms with van der Waals surface area (Å²) in [5.74, 6) is -0.930. The number of fused-ring (bicyclic) bond motifs is 1. The number of hydrogen-bond acceptors (Lipinski definition) is 4. The van der Waals surface area contributed by atoms with Crippen molar-refractivity contribution in [1.29, 1.82) is 0 Å². The molecule has 0 fully saturated rings. The fourth-order valence-corrected chi connectivity index (χ4v) is 3.66. The van der Waals surface area contributed by atoms with Crippen LogP contribution in [0.5, 0.6) is 0 Å². The van der Waals surface area contributed by atoms with Crippen LogP contribution in [0.4, 0.5) is 14.5 Å². The van der Waals surface area contributed by atoms with Crippen LogP contribution in [0, 0.1) is 0 Å². The maximum atomic E-state index is 13.4. The summed E-state index contributed by atoms with van der Waals surface area (Å²) in [6, 6.07) is 14.0. The molecule has 0 spiro atoms. The third kappa shape index (κ3) is 5.11. The molecule has 0 bridgehead atoms. The van der Waals surface area contributed by atoms with Gasteiger partial charge in [0, 0.05) is 5.69 Å². The van der Waals surface area contributed by atoms with E-state index in [1.807, 2.05) is 25.1 Å². The molecular weight excluding hydrogens is 398 g/mol. The van der Waals surface area contributed by atoms with Gasteiger partial charge in [0.2, 0.25) is 11.8 Å². The Kier molecular flexibility index (Phi) is 6.82. The Morgan fingerprint density at radius 3 is 2.59 bits per heavy atom. The lowest BCUT2D eigenvalue weighted by molar-refractivity contribution is -0.122. The van der Waals surface area contributed by atoms with Crippen LogP contribution in [0.1, 0.15) is 19.0 Å². The predicted octanol–water partition coefficient (Wildman–Crippen LogP) is 3.84. The molecule has 3 aromatic rings. The van der Waals surface area contributed by atoms with Crippen LogP contribution >= 0.6 is 11.8 Å². The van der Waals surface area contributed by atoms with Crippen molar-refractivity contribution in [2.45, 2.75) is 25.1 Å². The van der Waals surface area contributed by atoms with Gasteiger partial charge in [-0.1, -0.05) is 49.0 Å². The molecule has 0 aliphatic rings. The van der Waals surface area contributed by atoms with E-state index in [1.54, 1.807) is 30.3 Å². The van der Waals surface area contributed by atoms with E-state index in [0.717, 1.165) is 28.3 Å². The molecule has 0 radical (unpaired) electrons. The zero-order chi connectivity index (χ0) is 20.8. The molecule has 0 unspecified atom stereocenters. The Labute approximate surface area is 170 Å². The number of halogens is 2. The fraction of sp³-hybridized carbons (Fsp3) is 0.250. The van der Waals surface area contributed by atoms with Gasteiger partial charge in [0.1, 0.15) is 0 Å². The van der Waals surface area contributed by atoms with Crippen molar-refractivity contribution in [3.8, 4) is 0 Å². The van der Waals surface area contributed by atoms with Gasteiger partial charge in [0.25, 0.3) is 0 Å². The smallest absolute Gasteiger partial charge is 0.321 e. The van der Waals surface area contributed by atoms with Crippen molar-refractivity contribution >= 4 is 40.3 Å². The van der Waals surface area contributed by atoms with E-state index in [0.29, 0.717) is 16.7 Å². The van der Waals surface area contributed by atoms with E-state index < -0.39 is 12.5 Å². The van der Waals surface area contributed by atoms with Gasteiger partial charge in [-0.2, -0.15) is 8.78 Å². The number of aromatic nitrogens is 2. The molecule has 1 aromatic heterocycles. The molecule has 9 heteroatoms. The first kappa shape index (κ1) is 20.8. The van der Waals surface area contributed by atoms with Crippen LogP contribution in [0.15, 0.2) is 53.7 Å². The van der Waals surface area contributed by atoms with Gasteiger partial charge in [-0.25, -0.2) is 4.98 Å². The van der Waals surface area contributed by atoms with E-state index >= 15 is 0 Å². The number of benzene rings is 2. The first-order valence-corrected chi connectivity index (χ1v) is 10.0. The number of alkyl halides is 2. The van der Waals surface area contributed by atoms with Gasteiger partial charge in [0.15, 0.2) is 5.16 Å². The van der Waals surface area contributed by atoms with Gasteiger partial charge >= 0.3 is 6.55 Å². The van der Waals surface area contributed by atoms with Crippen molar-refractivity contribution in [2.24, 2.45) is 0 Å². The summed E-state index contributed by atoms with van der Waals surface area (Å²) in [7, 11) is 0. The molecule has 2 N–H and O–H groups in total. The average molecular weight is 418 g/mol. The van der Waals surface area contributed by atoms with Gasteiger partial charge in [-0.15, -0.1) is 0 Å². The number of rotatable bonds is 8. The first-order chi connectivity index (χ1) is 14.0. The molecular formula is C20H20F2N4O2S. The highest BCUT2D eigenvalue weighted by atomic mass is 32.2. The number of carbonyl (C=O) groups excluding carboxylic acids is 2. The monoisotopic (exact) mass is 418 g/mol. The second-order valence-electron chi connectivity index (χ2n) is 6.16. The minimum atomic E-state index is -2.77. The summed E-state index contributed by atoms with van der Waals surface area (Å²) in [6.45, 7) is -0.989. The highest BCUT2D eigenvalue weighted by molar-refractivity contribution is 7.99. The third-order valence-electron chi connectivity index (χ3n) is 4.21. The van der Waals surface area contributed by atoms with Crippen LogP contribution in [-0.4, -0.2) is 33.7 Å². The Hall–Kier alpha value is -2.94. The molecule has 152 valence electrons. The summed E-state index contributed by atoms with van der Waals surface area (Å²) < 4.78 is 27.6. The van der Waals surface area contributed by atoms with E-state index in [9.17, 15) is 18.4 Å². The number of para-hydroxylation sites is 3. The molecule has 1 heterocycles. The Bertz CT molecular complexity index is 1020. The highest BCUT2D eigenvalue weighted by Crippen LogP contribution is 2.28. The highest BCUT2D eigenvalue weighted by Gasteiger charge is 2.19. The fourth-order valence-electron chi connectivity index (χ4n) is 2.82. The Morgan fingerprint density at radius 2 is 1.83 bits per heavy atom. The van der Waals surface area contributed by atoms with E-state index in [4.69, 9.17) is 0 Å². The Balaban J connectivity index is 1.55. The summed E-state index contributed by atoms with van der Waals surface area (Å²) in [4.78, 5) is 28.3. The second kappa shape index (κ2) is 9.51. The minimum absolute atomic E-state index is 0.0534. The van der Waals surface area contributed by atoms with Crippen LogP contribution < -0.4 is 10.6 Å². The normalized spacial score (nSPS) is 11.0. The molecule has 0 saturated carbocycles. The number of thioether (sulfide) groups is 1. The SMILES string of the molecule is CCc1ccccc1NC(=O)CNC(=O)CSc1nc2ccccc2n1C(F)F. The minimum Gasteiger partial charge on any atom is -0.346 e. The molecule has 29 heavy (non-hydrogen) atoms. The summed E-state index contributed by atoms with van der Waals surface area (Å²) in [6.07, 6.45) is 0.768. The van der Waals surface area contributed by atoms with Crippen LogP contribution in [0.2, 0.25) is 0 Å². The molecule has 0 atom stereocenters. The summed E-state index contributed by atoms with van der Waals surface area (Å²) >= 11 is 0.899. The zero-order valence-electron chi connectivity index (χ0n) is 15.7. The number of aryl methyl sites for hydroxylation is 1. The number of hydrogen-bond donors (Lipinski definition) is 2. The Morgan fingerprint density at radius 1 is 1.10 bits per heavy atom. The number of imidazole rings is 1. The summed E-state index contributed by atoms with van der Waals surface area (Å²) in [5.41, 5.74) is 2.44. The van der Waals surface area contributed by atoms with Crippen molar-refractivity contribution in [1.82, 2.24) is 14.9 Å². The molecule has 0 saturated heterocycles. The van der Waals surface area contributed by atoms with Crippen molar-refractivity contribution in [3.63, 3.8) is 0 Å². The topological polar surface area (TPSA) is 76.0 Å². The number of carbonyl (C=O) groups is 2. The lowest BCUT2D eigenvalue weighted by atomic mass is 10.1.